The molecule has 1 N–H and O–H groups in total. The Morgan fingerprint density at radius 3 is 2.57 bits per heavy atom. The molecule has 0 spiro atoms. The minimum atomic E-state index is -3.34. The lowest BCUT2D eigenvalue weighted by atomic mass is 9.91. The van der Waals surface area contributed by atoms with Crippen molar-refractivity contribution in [1.29, 1.82) is 0 Å². The first-order valence-electron chi connectivity index (χ1n) is 7.88. The quantitative estimate of drug-likeness (QED) is 0.878. The van der Waals surface area contributed by atoms with E-state index in [2.05, 4.69) is 19.2 Å². The molecule has 1 aliphatic rings. The van der Waals surface area contributed by atoms with Crippen LogP contribution in [0, 0.1) is 5.92 Å². The molecule has 0 saturated carbocycles. The van der Waals surface area contributed by atoms with Gasteiger partial charge in [0, 0.05) is 19.1 Å². The van der Waals surface area contributed by atoms with Crippen LogP contribution in [0.15, 0.2) is 35.2 Å². The summed E-state index contributed by atoms with van der Waals surface area (Å²) in [6, 6.07) is 9.20. The molecule has 0 radical (unpaired) electrons. The summed E-state index contributed by atoms with van der Waals surface area (Å²) in [4.78, 5) is 0.403. The maximum absolute atomic E-state index is 12.7. The Morgan fingerprint density at radius 1 is 1.24 bits per heavy atom. The van der Waals surface area contributed by atoms with Crippen molar-refractivity contribution in [1.82, 2.24) is 9.62 Å². The number of rotatable bonds is 6. The standard InChI is InChI=1S/C16H26N2O2S/c1-3-11-17-16-10-12-18(13-14(16)4-2)21(19,20)15-8-6-5-7-9-15/h5-9,14,16-17H,3-4,10-13H2,1-2H3. The van der Waals surface area contributed by atoms with Crippen molar-refractivity contribution < 1.29 is 8.42 Å². The first kappa shape index (κ1) is 16.5. The van der Waals surface area contributed by atoms with Crippen LogP contribution in [0.3, 0.4) is 0 Å². The van der Waals surface area contributed by atoms with Crippen LogP contribution in [0.1, 0.15) is 33.1 Å². The van der Waals surface area contributed by atoms with Gasteiger partial charge in [-0.05, 0) is 37.4 Å². The van der Waals surface area contributed by atoms with Crippen molar-refractivity contribution in [3.8, 4) is 0 Å². The van der Waals surface area contributed by atoms with Crippen molar-refractivity contribution in [2.75, 3.05) is 19.6 Å². The van der Waals surface area contributed by atoms with Crippen molar-refractivity contribution >= 4 is 10.0 Å². The minimum Gasteiger partial charge on any atom is -0.314 e. The zero-order valence-corrected chi connectivity index (χ0v) is 13.8. The van der Waals surface area contributed by atoms with E-state index in [-0.39, 0.29) is 0 Å². The number of sulfonamides is 1. The topological polar surface area (TPSA) is 49.4 Å². The molecule has 1 aliphatic heterocycles. The lowest BCUT2D eigenvalue weighted by molar-refractivity contribution is 0.202. The van der Waals surface area contributed by atoms with Gasteiger partial charge < -0.3 is 5.32 Å². The average Bonchev–Trinajstić information content (AvgIpc) is 2.53. The van der Waals surface area contributed by atoms with Crippen molar-refractivity contribution in [2.24, 2.45) is 5.92 Å². The molecular weight excluding hydrogens is 284 g/mol. The molecule has 2 rings (SSSR count). The van der Waals surface area contributed by atoms with Crippen LogP contribution in [-0.2, 0) is 10.0 Å². The lowest BCUT2D eigenvalue weighted by Crippen LogP contribution is -2.50. The van der Waals surface area contributed by atoms with E-state index in [0.717, 1.165) is 25.8 Å². The zero-order chi connectivity index (χ0) is 15.3. The van der Waals surface area contributed by atoms with Gasteiger partial charge in [0.2, 0.25) is 10.0 Å². The molecule has 2 atom stereocenters. The predicted octanol–water partition coefficient (Wildman–Crippen LogP) is 2.48. The van der Waals surface area contributed by atoms with Crippen LogP contribution in [-0.4, -0.2) is 38.4 Å². The van der Waals surface area contributed by atoms with Gasteiger partial charge in [-0.1, -0.05) is 38.5 Å². The molecule has 1 fully saturated rings. The summed E-state index contributed by atoms with van der Waals surface area (Å²) >= 11 is 0. The highest BCUT2D eigenvalue weighted by Gasteiger charge is 2.34. The second-order valence-corrected chi connectivity index (χ2v) is 7.63. The molecular formula is C16H26N2O2S. The molecule has 1 heterocycles. The van der Waals surface area contributed by atoms with Gasteiger partial charge >= 0.3 is 0 Å². The van der Waals surface area contributed by atoms with E-state index in [9.17, 15) is 8.42 Å². The van der Waals surface area contributed by atoms with E-state index in [1.807, 2.05) is 6.07 Å². The maximum atomic E-state index is 12.7. The Hall–Kier alpha value is -0.910. The van der Waals surface area contributed by atoms with Crippen LogP contribution in [0.4, 0.5) is 0 Å². The van der Waals surface area contributed by atoms with Crippen LogP contribution < -0.4 is 5.32 Å². The van der Waals surface area contributed by atoms with Crippen molar-refractivity contribution in [2.45, 2.75) is 44.0 Å². The van der Waals surface area contributed by atoms with Gasteiger partial charge in [-0.25, -0.2) is 8.42 Å². The normalized spacial score (nSPS) is 24.1. The van der Waals surface area contributed by atoms with E-state index < -0.39 is 10.0 Å². The van der Waals surface area contributed by atoms with Gasteiger partial charge in [0.15, 0.2) is 0 Å². The van der Waals surface area contributed by atoms with Gasteiger partial charge in [0.25, 0.3) is 0 Å². The second kappa shape index (κ2) is 7.38. The van der Waals surface area contributed by atoms with Crippen molar-refractivity contribution in [3.05, 3.63) is 30.3 Å². The Kier molecular flexibility index (Phi) is 5.79. The molecule has 0 aliphatic carbocycles. The fraction of sp³-hybridized carbons (Fsp3) is 0.625. The van der Waals surface area contributed by atoms with E-state index in [1.54, 1.807) is 28.6 Å². The number of piperidine rings is 1. The van der Waals surface area contributed by atoms with Crippen LogP contribution in [0.5, 0.6) is 0 Å². The van der Waals surface area contributed by atoms with Crippen molar-refractivity contribution in [3.63, 3.8) is 0 Å². The fourth-order valence-electron chi connectivity index (χ4n) is 2.97. The zero-order valence-electron chi connectivity index (χ0n) is 13.0. The number of benzene rings is 1. The van der Waals surface area contributed by atoms with Gasteiger partial charge in [0.1, 0.15) is 0 Å². The molecule has 4 nitrogen and oxygen atoms in total. The average molecular weight is 310 g/mol. The highest BCUT2D eigenvalue weighted by atomic mass is 32.2. The summed E-state index contributed by atoms with van der Waals surface area (Å²) in [5.41, 5.74) is 0. The van der Waals surface area contributed by atoms with Gasteiger partial charge in [-0.15, -0.1) is 0 Å². The van der Waals surface area contributed by atoms with E-state index in [1.165, 1.54) is 0 Å². The molecule has 0 aromatic heterocycles. The highest BCUT2D eigenvalue weighted by Crippen LogP contribution is 2.25. The summed E-state index contributed by atoms with van der Waals surface area (Å²) in [5.74, 6) is 0.392. The summed E-state index contributed by atoms with van der Waals surface area (Å²) in [5, 5.41) is 3.56. The Bertz CT molecular complexity index is 530. The molecule has 118 valence electrons. The summed E-state index contributed by atoms with van der Waals surface area (Å²) in [6.07, 6.45) is 3.01. The maximum Gasteiger partial charge on any atom is 0.243 e. The van der Waals surface area contributed by atoms with E-state index >= 15 is 0 Å². The number of hydrogen-bond donors (Lipinski definition) is 1. The minimum absolute atomic E-state index is 0.392. The van der Waals surface area contributed by atoms with Gasteiger partial charge in [-0.3, -0.25) is 0 Å². The first-order valence-corrected chi connectivity index (χ1v) is 9.32. The van der Waals surface area contributed by atoms with Crippen LogP contribution in [0.2, 0.25) is 0 Å². The van der Waals surface area contributed by atoms with Crippen LogP contribution >= 0.6 is 0 Å². The third-order valence-corrected chi connectivity index (χ3v) is 6.14. The molecule has 1 saturated heterocycles. The third-order valence-electron chi connectivity index (χ3n) is 4.26. The Balaban J connectivity index is 2.10. The Labute approximate surface area is 128 Å². The summed E-state index contributed by atoms with van der Waals surface area (Å²) in [6.45, 7) is 6.53. The molecule has 1 aromatic rings. The largest absolute Gasteiger partial charge is 0.314 e. The number of hydrogen-bond acceptors (Lipinski definition) is 3. The monoisotopic (exact) mass is 310 g/mol. The number of nitrogens with one attached hydrogen (secondary N) is 1. The second-order valence-electron chi connectivity index (χ2n) is 5.69. The van der Waals surface area contributed by atoms with Gasteiger partial charge in [0.05, 0.1) is 4.90 Å². The van der Waals surface area contributed by atoms with Crippen LogP contribution in [0.25, 0.3) is 0 Å². The SMILES string of the molecule is CCCNC1CCN(S(=O)(=O)c2ccccc2)CC1CC. The first-order chi connectivity index (χ1) is 10.1. The Morgan fingerprint density at radius 2 is 1.95 bits per heavy atom. The molecule has 2 unspecified atom stereocenters. The number of nitrogens with zero attached hydrogens (tertiary/aromatic N) is 1. The molecule has 0 amide bonds. The fourth-order valence-corrected chi connectivity index (χ4v) is 4.50. The smallest absolute Gasteiger partial charge is 0.243 e. The molecule has 0 bridgehead atoms. The van der Waals surface area contributed by atoms with E-state index in [4.69, 9.17) is 0 Å². The third kappa shape index (κ3) is 3.84. The molecule has 21 heavy (non-hydrogen) atoms. The molecule has 1 aromatic carbocycles. The summed E-state index contributed by atoms with van der Waals surface area (Å²) < 4.78 is 27.0. The predicted molar refractivity (Wildman–Crippen MR) is 85.7 cm³/mol. The van der Waals surface area contributed by atoms with Gasteiger partial charge in [-0.2, -0.15) is 4.31 Å². The lowest BCUT2D eigenvalue weighted by Gasteiger charge is -2.38. The highest BCUT2D eigenvalue weighted by molar-refractivity contribution is 7.89. The molecule has 5 heteroatoms. The summed E-state index contributed by atoms with van der Waals surface area (Å²) in [7, 11) is -3.34. The van der Waals surface area contributed by atoms with E-state index in [0.29, 0.717) is 29.9 Å².